The Morgan fingerprint density at radius 1 is 1.28 bits per heavy atom. The number of para-hydroxylation sites is 1. The first kappa shape index (κ1) is 21.4. The number of amides is 1. The number of thioether (sulfide) groups is 1. The van der Waals surface area contributed by atoms with Gasteiger partial charge in [0.15, 0.2) is 0 Å². The molecule has 1 fully saturated rings. The lowest BCUT2D eigenvalue weighted by molar-refractivity contribution is -0.145. The minimum absolute atomic E-state index is 0.245. The number of benzene rings is 2. The minimum atomic E-state index is -1.07. The fourth-order valence-corrected chi connectivity index (χ4v) is 4.30. The van der Waals surface area contributed by atoms with Crippen LogP contribution >= 0.6 is 35.6 Å². The molecule has 2 aromatic rings. The molecule has 0 aromatic heterocycles. The highest BCUT2D eigenvalue weighted by Gasteiger charge is 2.39. The zero-order valence-corrected chi connectivity index (χ0v) is 17.9. The predicted molar refractivity (Wildman–Crippen MR) is 119 cm³/mol. The molecule has 1 atom stereocenters. The highest BCUT2D eigenvalue weighted by atomic mass is 35.5. The Labute approximate surface area is 183 Å². The number of rotatable bonds is 7. The van der Waals surface area contributed by atoms with Crippen molar-refractivity contribution in [2.75, 3.05) is 0 Å². The number of carboxylic acid groups (broad SMARTS) is 1. The molecule has 0 aliphatic carbocycles. The minimum Gasteiger partial charge on any atom is -0.488 e. The molecular weight excluding hydrogens is 430 g/mol. The number of halogens is 1. The maximum absolute atomic E-state index is 12.8. The summed E-state index contributed by atoms with van der Waals surface area (Å²) in [6, 6.07) is 13.7. The van der Waals surface area contributed by atoms with Gasteiger partial charge in [0, 0.05) is 10.6 Å². The monoisotopic (exact) mass is 447 g/mol. The van der Waals surface area contributed by atoms with Gasteiger partial charge in [-0.3, -0.25) is 9.69 Å². The maximum Gasteiger partial charge on any atom is 0.326 e. The summed E-state index contributed by atoms with van der Waals surface area (Å²) in [4.78, 5) is 25.8. The summed E-state index contributed by atoms with van der Waals surface area (Å²) in [5, 5.41) is 10.0. The van der Waals surface area contributed by atoms with E-state index in [1.807, 2.05) is 36.4 Å². The molecule has 0 spiro atoms. The number of carbonyl (C=O) groups excluding carboxylic acids is 1. The summed E-state index contributed by atoms with van der Waals surface area (Å²) in [6.07, 6.45) is 1.96. The molecule has 0 radical (unpaired) electrons. The molecule has 1 unspecified atom stereocenters. The van der Waals surface area contributed by atoms with Gasteiger partial charge in [-0.05, 0) is 36.3 Å². The number of carboxylic acids is 1. The Morgan fingerprint density at radius 2 is 1.97 bits per heavy atom. The van der Waals surface area contributed by atoms with Crippen LogP contribution in [0.5, 0.6) is 5.75 Å². The number of nitrogens with zero attached hydrogens (tertiary/aromatic N) is 1. The van der Waals surface area contributed by atoms with E-state index in [4.69, 9.17) is 28.6 Å². The van der Waals surface area contributed by atoms with Crippen molar-refractivity contribution in [2.45, 2.75) is 26.0 Å². The summed E-state index contributed by atoms with van der Waals surface area (Å²) in [5.74, 6) is -0.864. The van der Waals surface area contributed by atoms with Gasteiger partial charge in [-0.2, -0.15) is 0 Å². The highest BCUT2D eigenvalue weighted by molar-refractivity contribution is 8.26. The van der Waals surface area contributed by atoms with Gasteiger partial charge in [0.05, 0.1) is 4.91 Å². The first-order chi connectivity index (χ1) is 13.9. The van der Waals surface area contributed by atoms with Crippen LogP contribution < -0.4 is 4.74 Å². The van der Waals surface area contributed by atoms with Gasteiger partial charge in [-0.1, -0.05) is 72.8 Å². The number of ether oxygens (including phenoxy) is 1. The molecule has 1 aliphatic heterocycles. The Balaban J connectivity index is 1.81. The summed E-state index contributed by atoms with van der Waals surface area (Å²) >= 11 is 12.3. The van der Waals surface area contributed by atoms with Gasteiger partial charge in [0.1, 0.15) is 22.7 Å². The quantitative estimate of drug-likeness (QED) is 0.476. The van der Waals surface area contributed by atoms with Crippen molar-refractivity contribution < 1.29 is 19.4 Å². The van der Waals surface area contributed by atoms with Crippen LogP contribution in [0.4, 0.5) is 0 Å². The molecule has 150 valence electrons. The molecule has 1 aliphatic rings. The lowest BCUT2D eigenvalue weighted by Crippen LogP contribution is -2.43. The summed E-state index contributed by atoms with van der Waals surface area (Å²) in [5.41, 5.74) is 1.67. The molecule has 3 rings (SSSR count). The van der Waals surface area contributed by atoms with E-state index in [-0.39, 0.29) is 10.7 Å². The average Bonchev–Trinajstić information content (AvgIpc) is 2.97. The third-order valence-electron chi connectivity index (χ3n) is 4.32. The zero-order valence-electron chi connectivity index (χ0n) is 15.5. The van der Waals surface area contributed by atoms with E-state index >= 15 is 0 Å². The average molecular weight is 448 g/mol. The first-order valence-electron chi connectivity index (χ1n) is 8.87. The second-order valence-electron chi connectivity index (χ2n) is 6.27. The summed E-state index contributed by atoms with van der Waals surface area (Å²) in [7, 11) is 0. The second kappa shape index (κ2) is 9.43. The van der Waals surface area contributed by atoms with Crippen LogP contribution in [0.2, 0.25) is 5.02 Å². The van der Waals surface area contributed by atoms with Gasteiger partial charge in [0.25, 0.3) is 5.91 Å². The van der Waals surface area contributed by atoms with Crippen molar-refractivity contribution in [3.8, 4) is 5.75 Å². The number of aliphatic carboxylic acids is 1. The van der Waals surface area contributed by atoms with E-state index in [1.54, 1.807) is 25.1 Å². The molecular formula is C21H18ClNO4S2. The van der Waals surface area contributed by atoms with Gasteiger partial charge >= 0.3 is 5.97 Å². The van der Waals surface area contributed by atoms with E-state index in [0.29, 0.717) is 27.8 Å². The summed E-state index contributed by atoms with van der Waals surface area (Å²) in [6.45, 7) is 2.06. The van der Waals surface area contributed by atoms with Gasteiger partial charge < -0.3 is 9.84 Å². The number of carbonyl (C=O) groups is 2. The van der Waals surface area contributed by atoms with Gasteiger partial charge in [-0.15, -0.1) is 0 Å². The van der Waals surface area contributed by atoms with E-state index in [2.05, 4.69) is 0 Å². The highest BCUT2D eigenvalue weighted by Crippen LogP contribution is 2.36. The molecule has 0 bridgehead atoms. The van der Waals surface area contributed by atoms with Crippen LogP contribution in [0.3, 0.4) is 0 Å². The molecule has 5 nitrogen and oxygen atoms in total. The predicted octanol–water partition coefficient (Wildman–Crippen LogP) is 4.98. The third kappa shape index (κ3) is 4.98. The van der Waals surface area contributed by atoms with Crippen molar-refractivity contribution >= 4 is 57.9 Å². The van der Waals surface area contributed by atoms with Gasteiger partial charge in [0.2, 0.25) is 0 Å². The van der Waals surface area contributed by atoms with Crippen molar-refractivity contribution in [2.24, 2.45) is 0 Å². The van der Waals surface area contributed by atoms with Crippen LogP contribution in [0.1, 0.15) is 24.5 Å². The first-order valence-corrected chi connectivity index (χ1v) is 10.5. The summed E-state index contributed by atoms with van der Waals surface area (Å²) < 4.78 is 6.17. The van der Waals surface area contributed by atoms with E-state index in [9.17, 15) is 14.7 Å². The fourth-order valence-electron chi connectivity index (χ4n) is 2.83. The standard InChI is InChI=1S/C21H18ClNO4S2/c1-2-16(20(25)26)23-19(24)18(29-21(23)28)11-14-5-3-4-6-17(14)27-12-13-7-9-15(22)10-8-13/h3-11,16H,2,12H2,1H3,(H,25,26)/b18-11-. The van der Waals surface area contributed by atoms with Gasteiger partial charge in [-0.25, -0.2) is 4.79 Å². The van der Waals surface area contributed by atoms with Crippen molar-refractivity contribution in [3.05, 3.63) is 69.6 Å². The Hall–Kier alpha value is -2.35. The molecule has 0 saturated carbocycles. The fraction of sp³-hybridized carbons (Fsp3) is 0.190. The number of hydrogen-bond acceptors (Lipinski definition) is 5. The van der Waals surface area contributed by atoms with E-state index in [0.717, 1.165) is 17.3 Å². The molecule has 1 saturated heterocycles. The topological polar surface area (TPSA) is 66.8 Å². The zero-order chi connectivity index (χ0) is 21.0. The molecule has 8 heteroatoms. The molecule has 1 heterocycles. The lowest BCUT2D eigenvalue weighted by Gasteiger charge is -2.21. The van der Waals surface area contributed by atoms with Crippen LogP contribution in [0.25, 0.3) is 6.08 Å². The van der Waals surface area contributed by atoms with E-state index < -0.39 is 17.9 Å². The van der Waals surface area contributed by atoms with Crippen LogP contribution in [0, 0.1) is 0 Å². The van der Waals surface area contributed by atoms with E-state index in [1.165, 1.54) is 4.90 Å². The smallest absolute Gasteiger partial charge is 0.326 e. The van der Waals surface area contributed by atoms with Crippen LogP contribution in [-0.2, 0) is 16.2 Å². The number of hydrogen-bond donors (Lipinski definition) is 1. The maximum atomic E-state index is 12.8. The van der Waals surface area contributed by atoms with Crippen LogP contribution in [-0.4, -0.2) is 32.2 Å². The molecule has 1 N–H and O–H groups in total. The van der Waals surface area contributed by atoms with Crippen LogP contribution in [0.15, 0.2) is 53.4 Å². The molecule has 29 heavy (non-hydrogen) atoms. The van der Waals surface area contributed by atoms with Crippen molar-refractivity contribution in [1.29, 1.82) is 0 Å². The molecule has 1 amide bonds. The molecule has 2 aromatic carbocycles. The Kier molecular flexibility index (Phi) is 6.95. The third-order valence-corrected chi connectivity index (χ3v) is 5.90. The normalized spacial score (nSPS) is 16.3. The SMILES string of the molecule is CCC(C(=O)O)N1C(=O)/C(=C/c2ccccc2OCc2ccc(Cl)cc2)SC1=S. The number of thiocarbonyl (C=S) groups is 1. The lowest BCUT2D eigenvalue weighted by atomic mass is 10.1. The second-order valence-corrected chi connectivity index (χ2v) is 8.38. The van der Waals surface area contributed by atoms with Crippen molar-refractivity contribution in [3.63, 3.8) is 0 Å². The Bertz CT molecular complexity index is 975. The Morgan fingerprint density at radius 3 is 2.62 bits per heavy atom. The van der Waals surface area contributed by atoms with Crippen molar-refractivity contribution in [1.82, 2.24) is 4.90 Å². The largest absolute Gasteiger partial charge is 0.488 e.